The van der Waals surface area contributed by atoms with Gasteiger partial charge >= 0.3 is 0 Å². The number of hydrogen-bond acceptors (Lipinski definition) is 4. The molecule has 3 rings (SSSR count). The van der Waals surface area contributed by atoms with Gasteiger partial charge in [0.1, 0.15) is 18.0 Å². The Morgan fingerprint density at radius 3 is 2.89 bits per heavy atom. The summed E-state index contributed by atoms with van der Waals surface area (Å²) in [4.78, 5) is 4.29. The van der Waals surface area contributed by atoms with Gasteiger partial charge in [-0.3, -0.25) is 4.98 Å². The second kappa shape index (κ2) is 4.79. The molecule has 1 aromatic carbocycles. The molecule has 1 fully saturated rings. The van der Waals surface area contributed by atoms with Crippen LogP contribution >= 0.6 is 0 Å². The van der Waals surface area contributed by atoms with E-state index in [0.29, 0.717) is 0 Å². The van der Waals surface area contributed by atoms with Crippen molar-refractivity contribution < 1.29 is 9.84 Å². The van der Waals surface area contributed by atoms with Crippen LogP contribution in [0.1, 0.15) is 12.8 Å². The van der Waals surface area contributed by atoms with E-state index in [1.807, 2.05) is 30.3 Å². The van der Waals surface area contributed by atoms with Crippen molar-refractivity contribution in [1.82, 2.24) is 4.98 Å². The Morgan fingerprint density at radius 1 is 1.32 bits per heavy atom. The molecule has 3 N–H and O–H groups in total. The number of aliphatic hydroxyl groups is 1. The van der Waals surface area contributed by atoms with E-state index in [2.05, 4.69) is 4.98 Å². The number of nitrogens with zero attached hydrogens (tertiary/aromatic N) is 1. The van der Waals surface area contributed by atoms with Crippen LogP contribution in [0.3, 0.4) is 0 Å². The van der Waals surface area contributed by atoms with Gasteiger partial charge in [0.15, 0.2) is 0 Å². The van der Waals surface area contributed by atoms with Crippen LogP contribution in [-0.4, -0.2) is 28.8 Å². The number of fused-ring (bicyclic) bond motifs is 1. The van der Waals surface area contributed by atoms with Gasteiger partial charge in [0.25, 0.3) is 0 Å². The average Bonchev–Trinajstić information content (AvgIpc) is 3.30. The van der Waals surface area contributed by atoms with Crippen molar-refractivity contribution in [2.24, 2.45) is 11.7 Å². The third-order valence-corrected chi connectivity index (χ3v) is 3.77. The van der Waals surface area contributed by atoms with Crippen molar-refractivity contribution in [1.29, 1.82) is 0 Å². The van der Waals surface area contributed by atoms with E-state index in [4.69, 9.17) is 10.5 Å². The number of ether oxygens (including phenoxy) is 1. The quantitative estimate of drug-likeness (QED) is 0.856. The number of nitrogens with two attached hydrogens (primary N) is 1. The second-order valence-corrected chi connectivity index (χ2v) is 5.20. The summed E-state index contributed by atoms with van der Waals surface area (Å²) in [5.74, 6) is 1.03. The molecule has 0 spiro atoms. The van der Waals surface area contributed by atoms with E-state index in [0.717, 1.165) is 29.5 Å². The Hall–Kier alpha value is -1.65. The Bertz CT molecular complexity index is 578. The lowest BCUT2D eigenvalue weighted by Crippen LogP contribution is -2.45. The molecule has 0 amide bonds. The highest BCUT2D eigenvalue weighted by Gasteiger charge is 2.43. The molecule has 0 aliphatic heterocycles. The molecule has 1 unspecified atom stereocenters. The summed E-state index contributed by atoms with van der Waals surface area (Å²) in [6, 6.07) is 9.59. The third-order valence-electron chi connectivity index (χ3n) is 3.77. The van der Waals surface area contributed by atoms with Crippen LogP contribution in [0, 0.1) is 5.92 Å². The fourth-order valence-corrected chi connectivity index (χ4v) is 2.37. The first kappa shape index (κ1) is 12.4. The van der Waals surface area contributed by atoms with E-state index in [9.17, 15) is 5.11 Å². The molecular weight excluding hydrogens is 240 g/mol. The molecule has 2 aromatic rings. The molecule has 4 nitrogen and oxygen atoms in total. The first-order chi connectivity index (χ1) is 9.23. The van der Waals surface area contributed by atoms with Crippen LogP contribution in [-0.2, 0) is 0 Å². The van der Waals surface area contributed by atoms with Gasteiger partial charge in [0, 0.05) is 18.1 Å². The van der Waals surface area contributed by atoms with Gasteiger partial charge in [-0.25, -0.2) is 0 Å². The lowest BCUT2D eigenvalue weighted by atomic mass is 9.99. The van der Waals surface area contributed by atoms with Gasteiger partial charge in [-0.2, -0.15) is 0 Å². The average molecular weight is 258 g/mol. The van der Waals surface area contributed by atoms with Gasteiger partial charge in [-0.1, -0.05) is 6.07 Å². The minimum Gasteiger partial charge on any atom is -0.490 e. The smallest absolute Gasteiger partial charge is 0.128 e. The molecule has 1 heterocycles. The highest BCUT2D eigenvalue weighted by molar-refractivity contribution is 5.84. The summed E-state index contributed by atoms with van der Waals surface area (Å²) in [5, 5.41) is 11.4. The molecule has 1 atom stereocenters. The fourth-order valence-electron chi connectivity index (χ4n) is 2.37. The molecule has 0 saturated heterocycles. The van der Waals surface area contributed by atoms with Crippen molar-refractivity contribution in [2.75, 3.05) is 13.2 Å². The summed E-state index contributed by atoms with van der Waals surface area (Å²) >= 11 is 0. The lowest BCUT2D eigenvalue weighted by molar-refractivity contribution is -0.0158. The monoisotopic (exact) mass is 258 g/mol. The van der Waals surface area contributed by atoms with Gasteiger partial charge in [0.05, 0.1) is 5.52 Å². The van der Waals surface area contributed by atoms with Crippen LogP contribution in [0.4, 0.5) is 0 Å². The van der Waals surface area contributed by atoms with E-state index < -0.39 is 5.60 Å². The van der Waals surface area contributed by atoms with Crippen LogP contribution in [0.2, 0.25) is 0 Å². The van der Waals surface area contributed by atoms with Gasteiger partial charge < -0.3 is 15.6 Å². The van der Waals surface area contributed by atoms with E-state index >= 15 is 0 Å². The summed E-state index contributed by atoms with van der Waals surface area (Å²) in [5.41, 5.74) is 5.68. The largest absolute Gasteiger partial charge is 0.490 e. The minimum absolute atomic E-state index is 0.237. The van der Waals surface area contributed by atoms with Crippen molar-refractivity contribution in [3.63, 3.8) is 0 Å². The minimum atomic E-state index is -0.898. The number of hydrogen-bond donors (Lipinski definition) is 2. The maximum absolute atomic E-state index is 10.4. The van der Waals surface area contributed by atoms with E-state index in [1.165, 1.54) is 0 Å². The number of pyridine rings is 1. The zero-order valence-corrected chi connectivity index (χ0v) is 10.7. The van der Waals surface area contributed by atoms with Crippen molar-refractivity contribution >= 4 is 10.9 Å². The molecule has 19 heavy (non-hydrogen) atoms. The normalized spacial score (nSPS) is 18.2. The Kier molecular flexibility index (Phi) is 3.12. The first-order valence-electron chi connectivity index (χ1n) is 6.62. The summed E-state index contributed by atoms with van der Waals surface area (Å²) in [6.07, 6.45) is 3.83. The topological polar surface area (TPSA) is 68.4 Å². The highest BCUT2D eigenvalue weighted by Crippen LogP contribution is 2.39. The third kappa shape index (κ3) is 2.41. The Morgan fingerprint density at radius 2 is 2.16 bits per heavy atom. The Balaban J connectivity index is 1.81. The first-order valence-corrected chi connectivity index (χ1v) is 6.62. The molecule has 1 aliphatic carbocycles. The molecule has 0 bridgehead atoms. The van der Waals surface area contributed by atoms with Crippen LogP contribution in [0.5, 0.6) is 5.75 Å². The molecule has 1 saturated carbocycles. The molecule has 1 aliphatic rings. The molecule has 4 heteroatoms. The predicted molar refractivity (Wildman–Crippen MR) is 74.0 cm³/mol. The lowest BCUT2D eigenvalue weighted by Gasteiger charge is -2.26. The summed E-state index contributed by atoms with van der Waals surface area (Å²) < 4.78 is 5.81. The van der Waals surface area contributed by atoms with Crippen LogP contribution in [0.15, 0.2) is 36.5 Å². The van der Waals surface area contributed by atoms with Gasteiger partial charge in [-0.15, -0.1) is 0 Å². The van der Waals surface area contributed by atoms with Crippen molar-refractivity contribution in [3.8, 4) is 5.75 Å². The maximum atomic E-state index is 10.4. The Labute approximate surface area is 112 Å². The van der Waals surface area contributed by atoms with Crippen LogP contribution < -0.4 is 10.5 Å². The summed E-state index contributed by atoms with van der Waals surface area (Å²) in [7, 11) is 0. The fraction of sp³-hybridized carbons (Fsp3) is 0.400. The van der Waals surface area contributed by atoms with Crippen molar-refractivity contribution in [2.45, 2.75) is 18.4 Å². The van der Waals surface area contributed by atoms with E-state index in [1.54, 1.807) is 6.20 Å². The zero-order chi connectivity index (χ0) is 13.3. The second-order valence-electron chi connectivity index (χ2n) is 5.20. The summed E-state index contributed by atoms with van der Waals surface area (Å²) in [6.45, 7) is 0.475. The molecule has 1 aromatic heterocycles. The number of benzene rings is 1. The molecule has 100 valence electrons. The standard InChI is InChI=1S/C15H18N2O2/c16-9-15(18,11-6-7-11)10-19-14-5-1-4-13-12(14)3-2-8-17-13/h1-5,8,11,18H,6-7,9-10,16H2. The number of aromatic nitrogens is 1. The molecular formula is C15H18N2O2. The SMILES string of the molecule is NCC(O)(COc1cccc2ncccc12)C1CC1. The van der Waals surface area contributed by atoms with Gasteiger partial charge in [0.2, 0.25) is 0 Å². The van der Waals surface area contributed by atoms with Gasteiger partial charge in [-0.05, 0) is 43.0 Å². The van der Waals surface area contributed by atoms with Crippen molar-refractivity contribution in [3.05, 3.63) is 36.5 Å². The van der Waals surface area contributed by atoms with E-state index in [-0.39, 0.29) is 19.1 Å². The zero-order valence-electron chi connectivity index (χ0n) is 10.7. The number of rotatable bonds is 5. The molecule has 0 radical (unpaired) electrons. The predicted octanol–water partition coefficient (Wildman–Crippen LogP) is 1.71. The highest BCUT2D eigenvalue weighted by atomic mass is 16.5. The van der Waals surface area contributed by atoms with Crippen LogP contribution in [0.25, 0.3) is 10.9 Å². The maximum Gasteiger partial charge on any atom is 0.128 e.